The monoisotopic (exact) mass is 221 g/mol. The minimum atomic E-state index is -0.792. The maximum absolute atomic E-state index is 10.8. The van der Waals surface area contributed by atoms with Crippen LogP contribution in [0.2, 0.25) is 0 Å². The molecule has 0 aliphatic carbocycles. The van der Waals surface area contributed by atoms with Crippen molar-refractivity contribution < 1.29 is 15.0 Å². The summed E-state index contributed by atoms with van der Waals surface area (Å²) in [5, 5.41) is 21.4. The first kappa shape index (κ1) is 11.0. The quantitative estimate of drug-likeness (QED) is 0.712. The van der Waals surface area contributed by atoms with E-state index >= 15 is 0 Å². The maximum atomic E-state index is 10.8. The Balaban J connectivity index is 1.97. The number of phenolic OH excluding ortho intramolecular Hbond substituents is 1. The van der Waals surface area contributed by atoms with Crippen LogP contribution in [0.15, 0.2) is 24.3 Å². The maximum Gasteiger partial charge on any atom is 0.320 e. The van der Waals surface area contributed by atoms with E-state index < -0.39 is 12.0 Å². The zero-order valence-electron chi connectivity index (χ0n) is 8.89. The molecule has 1 saturated heterocycles. The number of rotatable bonds is 3. The van der Waals surface area contributed by atoms with Gasteiger partial charge >= 0.3 is 5.97 Å². The minimum absolute atomic E-state index is 0.286. The number of hydrogen-bond donors (Lipinski definition) is 3. The lowest BCUT2D eigenvalue weighted by Gasteiger charge is -2.09. The molecule has 3 N–H and O–H groups in total. The minimum Gasteiger partial charge on any atom is -0.508 e. The summed E-state index contributed by atoms with van der Waals surface area (Å²) < 4.78 is 0. The standard InChI is InChI=1S/C12H15NO3/c14-11-4-2-1-3-9(11)5-8-6-10(12(15)16)13-7-8/h1-4,8,10,13-14H,5-7H2,(H,15,16). The van der Waals surface area contributed by atoms with E-state index in [-0.39, 0.29) is 5.92 Å². The van der Waals surface area contributed by atoms with Gasteiger partial charge in [0.15, 0.2) is 0 Å². The van der Waals surface area contributed by atoms with Gasteiger partial charge in [0.1, 0.15) is 11.8 Å². The van der Waals surface area contributed by atoms with Gasteiger partial charge < -0.3 is 15.5 Å². The van der Waals surface area contributed by atoms with E-state index in [0.29, 0.717) is 18.7 Å². The Hall–Kier alpha value is -1.55. The predicted molar refractivity (Wildman–Crippen MR) is 59.3 cm³/mol. The van der Waals surface area contributed by atoms with Gasteiger partial charge in [0, 0.05) is 0 Å². The van der Waals surface area contributed by atoms with Gasteiger partial charge in [-0.15, -0.1) is 0 Å². The van der Waals surface area contributed by atoms with E-state index in [0.717, 1.165) is 12.0 Å². The Bertz CT molecular complexity index is 392. The van der Waals surface area contributed by atoms with Crippen molar-refractivity contribution in [2.45, 2.75) is 18.9 Å². The number of phenols is 1. The van der Waals surface area contributed by atoms with Crippen LogP contribution < -0.4 is 5.32 Å². The van der Waals surface area contributed by atoms with E-state index in [1.54, 1.807) is 12.1 Å². The molecule has 0 saturated carbocycles. The summed E-state index contributed by atoms with van der Waals surface area (Å²) >= 11 is 0. The zero-order chi connectivity index (χ0) is 11.5. The Morgan fingerprint density at radius 3 is 2.81 bits per heavy atom. The van der Waals surface area contributed by atoms with Crippen LogP contribution in [0.5, 0.6) is 5.75 Å². The van der Waals surface area contributed by atoms with Crippen molar-refractivity contribution >= 4 is 5.97 Å². The third-order valence-corrected chi connectivity index (χ3v) is 3.02. The van der Waals surface area contributed by atoms with Gasteiger partial charge in [0.25, 0.3) is 0 Å². The summed E-state index contributed by atoms with van der Waals surface area (Å²) in [7, 11) is 0. The topological polar surface area (TPSA) is 69.6 Å². The highest BCUT2D eigenvalue weighted by Gasteiger charge is 2.29. The first-order valence-corrected chi connectivity index (χ1v) is 5.40. The van der Waals surface area contributed by atoms with E-state index in [4.69, 9.17) is 5.11 Å². The molecule has 1 heterocycles. The lowest BCUT2D eigenvalue weighted by atomic mass is 9.96. The summed E-state index contributed by atoms with van der Waals surface area (Å²) in [6.45, 7) is 0.700. The van der Waals surface area contributed by atoms with Crippen LogP contribution in [0.25, 0.3) is 0 Å². The van der Waals surface area contributed by atoms with E-state index in [2.05, 4.69) is 5.32 Å². The first-order chi connectivity index (χ1) is 7.66. The molecule has 0 aromatic heterocycles. The molecule has 2 atom stereocenters. The predicted octanol–water partition coefficient (Wildman–Crippen LogP) is 0.997. The molecule has 2 unspecified atom stereocenters. The number of aliphatic carboxylic acids is 1. The van der Waals surface area contributed by atoms with Crippen molar-refractivity contribution in [3.63, 3.8) is 0 Å². The number of para-hydroxylation sites is 1. The fourth-order valence-corrected chi connectivity index (χ4v) is 2.15. The van der Waals surface area contributed by atoms with Crippen LogP contribution in [0.3, 0.4) is 0 Å². The molecule has 1 fully saturated rings. The van der Waals surface area contributed by atoms with Crippen molar-refractivity contribution in [3.05, 3.63) is 29.8 Å². The average molecular weight is 221 g/mol. The highest BCUT2D eigenvalue weighted by molar-refractivity contribution is 5.73. The van der Waals surface area contributed by atoms with Crippen molar-refractivity contribution in [3.8, 4) is 5.75 Å². The number of aromatic hydroxyl groups is 1. The van der Waals surface area contributed by atoms with Gasteiger partial charge in [0.2, 0.25) is 0 Å². The van der Waals surface area contributed by atoms with Crippen LogP contribution >= 0.6 is 0 Å². The molecule has 0 amide bonds. The summed E-state index contributed by atoms with van der Waals surface area (Å²) in [6.07, 6.45) is 1.35. The smallest absolute Gasteiger partial charge is 0.320 e. The summed E-state index contributed by atoms with van der Waals surface area (Å²) in [6, 6.07) is 6.77. The van der Waals surface area contributed by atoms with Crippen molar-refractivity contribution in [1.82, 2.24) is 5.32 Å². The number of hydrogen-bond acceptors (Lipinski definition) is 3. The Morgan fingerprint density at radius 2 is 2.19 bits per heavy atom. The second-order valence-corrected chi connectivity index (χ2v) is 4.23. The highest BCUT2D eigenvalue weighted by atomic mass is 16.4. The Labute approximate surface area is 93.9 Å². The van der Waals surface area contributed by atoms with Crippen LogP contribution in [-0.2, 0) is 11.2 Å². The second kappa shape index (κ2) is 4.53. The van der Waals surface area contributed by atoms with E-state index in [1.807, 2.05) is 12.1 Å². The molecular weight excluding hydrogens is 206 g/mol. The Kier molecular flexibility index (Phi) is 3.10. The lowest BCUT2D eigenvalue weighted by molar-refractivity contribution is -0.139. The van der Waals surface area contributed by atoms with Crippen LogP contribution in [0.1, 0.15) is 12.0 Å². The number of carboxylic acid groups (broad SMARTS) is 1. The summed E-state index contributed by atoms with van der Waals surface area (Å²) in [5.41, 5.74) is 0.889. The normalized spacial score (nSPS) is 24.5. The molecule has 0 radical (unpaired) electrons. The molecular formula is C12H15NO3. The molecule has 1 aliphatic heterocycles. The van der Waals surface area contributed by atoms with Crippen LogP contribution in [-0.4, -0.2) is 28.8 Å². The number of carbonyl (C=O) groups is 1. The average Bonchev–Trinajstić information content (AvgIpc) is 2.70. The van der Waals surface area contributed by atoms with Gasteiger partial charge in [0.05, 0.1) is 0 Å². The van der Waals surface area contributed by atoms with Crippen molar-refractivity contribution in [2.24, 2.45) is 5.92 Å². The van der Waals surface area contributed by atoms with Crippen molar-refractivity contribution in [1.29, 1.82) is 0 Å². The third kappa shape index (κ3) is 2.33. The molecule has 1 aromatic carbocycles. The molecule has 4 heteroatoms. The molecule has 2 rings (SSSR count). The number of carboxylic acids is 1. The number of nitrogens with one attached hydrogen (secondary N) is 1. The lowest BCUT2D eigenvalue weighted by Crippen LogP contribution is -2.29. The van der Waals surface area contributed by atoms with Gasteiger partial charge in [-0.3, -0.25) is 4.79 Å². The van der Waals surface area contributed by atoms with Gasteiger partial charge in [-0.2, -0.15) is 0 Å². The van der Waals surface area contributed by atoms with Crippen LogP contribution in [0, 0.1) is 5.92 Å². The molecule has 86 valence electrons. The number of benzene rings is 1. The van der Waals surface area contributed by atoms with Crippen molar-refractivity contribution in [2.75, 3.05) is 6.54 Å². The molecule has 16 heavy (non-hydrogen) atoms. The Morgan fingerprint density at radius 1 is 1.44 bits per heavy atom. The molecule has 0 bridgehead atoms. The van der Waals surface area contributed by atoms with E-state index in [1.165, 1.54) is 0 Å². The van der Waals surface area contributed by atoms with Gasteiger partial charge in [-0.1, -0.05) is 18.2 Å². The SMILES string of the molecule is O=C(O)C1CC(Cc2ccccc2O)CN1. The summed E-state index contributed by atoms with van der Waals surface area (Å²) in [5.74, 6) is -0.213. The van der Waals surface area contributed by atoms with E-state index in [9.17, 15) is 9.90 Å². The molecule has 1 aliphatic rings. The first-order valence-electron chi connectivity index (χ1n) is 5.40. The molecule has 0 spiro atoms. The molecule has 4 nitrogen and oxygen atoms in total. The van der Waals surface area contributed by atoms with Crippen LogP contribution in [0.4, 0.5) is 0 Å². The van der Waals surface area contributed by atoms with Gasteiger partial charge in [-0.25, -0.2) is 0 Å². The highest BCUT2D eigenvalue weighted by Crippen LogP contribution is 2.24. The summed E-state index contributed by atoms with van der Waals surface area (Å²) in [4.78, 5) is 10.8. The second-order valence-electron chi connectivity index (χ2n) is 4.23. The largest absolute Gasteiger partial charge is 0.508 e. The fraction of sp³-hybridized carbons (Fsp3) is 0.417. The van der Waals surface area contributed by atoms with Gasteiger partial charge in [-0.05, 0) is 36.9 Å². The third-order valence-electron chi connectivity index (χ3n) is 3.02. The fourth-order valence-electron chi connectivity index (χ4n) is 2.15. The molecule has 1 aromatic rings. The zero-order valence-corrected chi connectivity index (χ0v) is 8.89.